The molecule has 196 valence electrons. The fraction of sp³-hybridized carbons (Fsp3) is 0.346. The number of nitrogens with zero attached hydrogens (tertiary/aromatic N) is 5. The van der Waals surface area contributed by atoms with Crippen molar-refractivity contribution in [1.29, 1.82) is 0 Å². The summed E-state index contributed by atoms with van der Waals surface area (Å²) < 4.78 is 37.1. The lowest BCUT2D eigenvalue weighted by Crippen LogP contribution is -2.22. The molecule has 2 aromatic carbocycles. The highest BCUT2D eigenvalue weighted by Gasteiger charge is 2.26. The minimum absolute atomic E-state index is 0.188. The molecule has 0 aliphatic heterocycles. The van der Waals surface area contributed by atoms with Crippen molar-refractivity contribution in [2.45, 2.75) is 13.8 Å². The fourth-order valence-electron chi connectivity index (χ4n) is 4.00. The van der Waals surface area contributed by atoms with Crippen LogP contribution in [0.4, 0.5) is 11.4 Å². The SMILES string of the molecule is CCOP(=O)(CCN(c1cc(OC)cc(OC)c1)c1ccc2ncc(-c3cnn(C)c3)nc2c1)OCC. The van der Waals surface area contributed by atoms with Crippen LogP contribution in [0.3, 0.4) is 0 Å². The van der Waals surface area contributed by atoms with E-state index in [0.717, 1.165) is 33.7 Å². The maximum absolute atomic E-state index is 13.3. The van der Waals surface area contributed by atoms with Crippen LogP contribution in [0.1, 0.15) is 13.8 Å². The third-order valence-electron chi connectivity index (χ3n) is 5.74. The molecule has 4 aromatic rings. The van der Waals surface area contributed by atoms with Gasteiger partial charge in [0.2, 0.25) is 0 Å². The van der Waals surface area contributed by atoms with Gasteiger partial charge in [0, 0.05) is 54.9 Å². The number of aryl methyl sites for hydroxylation is 1. The number of benzene rings is 2. The molecule has 0 bridgehead atoms. The van der Waals surface area contributed by atoms with Gasteiger partial charge < -0.3 is 23.4 Å². The van der Waals surface area contributed by atoms with E-state index in [0.29, 0.717) is 31.3 Å². The average molecular weight is 526 g/mol. The number of aromatic nitrogens is 4. The Balaban J connectivity index is 1.78. The highest BCUT2D eigenvalue weighted by Crippen LogP contribution is 2.48. The maximum Gasteiger partial charge on any atom is 0.332 e. The van der Waals surface area contributed by atoms with Gasteiger partial charge >= 0.3 is 7.60 Å². The molecule has 0 atom stereocenters. The summed E-state index contributed by atoms with van der Waals surface area (Å²) in [5, 5.41) is 4.24. The van der Waals surface area contributed by atoms with E-state index in [1.54, 1.807) is 51.2 Å². The zero-order valence-corrected chi connectivity index (χ0v) is 22.6. The van der Waals surface area contributed by atoms with Crippen LogP contribution in [0.15, 0.2) is 55.0 Å². The summed E-state index contributed by atoms with van der Waals surface area (Å²) in [6.45, 7) is 4.56. The smallest absolute Gasteiger partial charge is 0.332 e. The van der Waals surface area contributed by atoms with Crippen molar-refractivity contribution in [2.24, 2.45) is 7.05 Å². The molecule has 0 aliphatic carbocycles. The summed E-state index contributed by atoms with van der Waals surface area (Å²) in [5.74, 6) is 1.27. The van der Waals surface area contributed by atoms with E-state index in [-0.39, 0.29) is 6.16 Å². The van der Waals surface area contributed by atoms with Gasteiger partial charge in [-0.15, -0.1) is 0 Å². The molecule has 0 amide bonds. The summed E-state index contributed by atoms with van der Waals surface area (Å²) in [7, 11) is 1.78. The van der Waals surface area contributed by atoms with Crippen molar-refractivity contribution >= 4 is 30.0 Å². The second kappa shape index (κ2) is 11.7. The third kappa shape index (κ3) is 6.28. The van der Waals surface area contributed by atoms with Crippen molar-refractivity contribution < 1.29 is 23.1 Å². The number of ether oxygens (including phenoxy) is 2. The molecule has 37 heavy (non-hydrogen) atoms. The largest absolute Gasteiger partial charge is 0.497 e. The van der Waals surface area contributed by atoms with E-state index in [4.69, 9.17) is 23.5 Å². The quantitative estimate of drug-likeness (QED) is 0.223. The van der Waals surface area contributed by atoms with E-state index >= 15 is 0 Å². The van der Waals surface area contributed by atoms with Crippen LogP contribution in [-0.4, -0.2) is 59.9 Å². The van der Waals surface area contributed by atoms with Crippen molar-refractivity contribution in [3.05, 3.63) is 55.0 Å². The zero-order valence-electron chi connectivity index (χ0n) is 21.7. The second-order valence-corrected chi connectivity index (χ2v) is 10.4. The number of fused-ring (bicyclic) bond motifs is 1. The van der Waals surface area contributed by atoms with Crippen molar-refractivity contribution in [3.63, 3.8) is 0 Å². The highest BCUT2D eigenvalue weighted by molar-refractivity contribution is 7.53. The maximum atomic E-state index is 13.3. The molecule has 0 spiro atoms. The van der Waals surface area contributed by atoms with Gasteiger partial charge in [-0.2, -0.15) is 5.10 Å². The molecule has 0 fully saturated rings. The van der Waals surface area contributed by atoms with Crippen LogP contribution in [0, 0.1) is 0 Å². The summed E-state index contributed by atoms with van der Waals surface area (Å²) in [4.78, 5) is 11.4. The fourth-order valence-corrected chi connectivity index (χ4v) is 5.56. The first-order valence-corrected chi connectivity index (χ1v) is 13.8. The van der Waals surface area contributed by atoms with Crippen molar-refractivity contribution in [1.82, 2.24) is 19.7 Å². The van der Waals surface area contributed by atoms with Crippen LogP contribution in [-0.2, 0) is 20.7 Å². The molecule has 0 unspecified atom stereocenters. The third-order valence-corrected chi connectivity index (χ3v) is 7.79. The Morgan fingerprint density at radius 3 is 2.22 bits per heavy atom. The van der Waals surface area contributed by atoms with Crippen molar-refractivity contribution in [3.8, 4) is 22.8 Å². The Labute approximate surface area is 216 Å². The van der Waals surface area contributed by atoms with Gasteiger partial charge in [-0.3, -0.25) is 14.2 Å². The molecule has 11 heteroatoms. The highest BCUT2D eigenvalue weighted by atomic mass is 31.2. The molecule has 2 heterocycles. The first kappa shape index (κ1) is 26.6. The molecule has 0 saturated carbocycles. The minimum Gasteiger partial charge on any atom is -0.497 e. The lowest BCUT2D eigenvalue weighted by molar-refractivity contribution is 0.220. The van der Waals surface area contributed by atoms with E-state index in [2.05, 4.69) is 10.1 Å². The summed E-state index contributed by atoms with van der Waals surface area (Å²) in [6, 6.07) is 11.4. The zero-order chi connectivity index (χ0) is 26.4. The van der Waals surface area contributed by atoms with Gasteiger partial charge in [-0.1, -0.05) is 0 Å². The topological polar surface area (TPSA) is 101 Å². The normalized spacial score (nSPS) is 11.6. The van der Waals surface area contributed by atoms with Gasteiger partial charge in [0.05, 0.1) is 62.7 Å². The lowest BCUT2D eigenvalue weighted by atomic mass is 10.2. The van der Waals surface area contributed by atoms with E-state index in [1.165, 1.54) is 0 Å². The number of hydrogen-bond donors (Lipinski definition) is 0. The van der Waals surface area contributed by atoms with Gasteiger partial charge in [-0.05, 0) is 32.0 Å². The summed E-state index contributed by atoms with van der Waals surface area (Å²) in [5.41, 5.74) is 4.72. The van der Waals surface area contributed by atoms with Crippen molar-refractivity contribution in [2.75, 3.05) is 45.0 Å². The number of methoxy groups -OCH3 is 2. The Morgan fingerprint density at radius 1 is 0.919 bits per heavy atom. The van der Waals surface area contributed by atoms with Crippen LogP contribution in [0.2, 0.25) is 0 Å². The Bertz CT molecular complexity index is 1380. The van der Waals surface area contributed by atoms with E-state index in [9.17, 15) is 4.57 Å². The number of anilines is 2. The predicted molar refractivity (Wildman–Crippen MR) is 144 cm³/mol. The first-order valence-electron chi connectivity index (χ1n) is 12.0. The standard InChI is InChI=1S/C26H32N5O5P/c1-6-35-37(32,36-7-2)11-10-31(21-12-22(33-4)15-23(13-21)34-5)20-8-9-24-25(14-20)29-26(17-27-24)19-16-28-30(3)18-19/h8-9,12-18H,6-7,10-11H2,1-5H3. The molecule has 2 aromatic heterocycles. The summed E-state index contributed by atoms with van der Waals surface area (Å²) >= 11 is 0. The minimum atomic E-state index is -3.29. The van der Waals surface area contributed by atoms with Gasteiger partial charge in [0.15, 0.2) is 0 Å². The Hall–Kier alpha value is -3.46. The van der Waals surface area contributed by atoms with Crippen LogP contribution in [0.25, 0.3) is 22.3 Å². The monoisotopic (exact) mass is 525 g/mol. The molecule has 0 N–H and O–H groups in total. The van der Waals surface area contributed by atoms with E-state index < -0.39 is 7.60 Å². The molecule has 0 radical (unpaired) electrons. The molecule has 4 rings (SSSR count). The number of rotatable bonds is 12. The molecule has 10 nitrogen and oxygen atoms in total. The molecular weight excluding hydrogens is 493 g/mol. The summed E-state index contributed by atoms with van der Waals surface area (Å²) in [6.07, 6.45) is 5.58. The Kier molecular flexibility index (Phi) is 8.43. The molecular formula is C26H32N5O5P. The molecule has 0 aliphatic rings. The lowest BCUT2D eigenvalue weighted by Gasteiger charge is -2.28. The molecule has 0 saturated heterocycles. The van der Waals surface area contributed by atoms with Gasteiger partial charge in [0.25, 0.3) is 0 Å². The first-order chi connectivity index (χ1) is 17.9. The Morgan fingerprint density at radius 2 is 1.62 bits per heavy atom. The van der Waals surface area contributed by atoms with Gasteiger partial charge in [-0.25, -0.2) is 4.98 Å². The van der Waals surface area contributed by atoms with Crippen LogP contribution < -0.4 is 14.4 Å². The number of hydrogen-bond acceptors (Lipinski definition) is 9. The van der Waals surface area contributed by atoms with Crippen LogP contribution >= 0.6 is 7.60 Å². The average Bonchev–Trinajstić information content (AvgIpc) is 3.34. The predicted octanol–water partition coefficient (Wildman–Crippen LogP) is 5.45. The van der Waals surface area contributed by atoms with E-state index in [1.807, 2.05) is 48.5 Å². The van der Waals surface area contributed by atoms with Crippen LogP contribution in [0.5, 0.6) is 11.5 Å². The second-order valence-electron chi connectivity index (χ2n) is 8.22. The van der Waals surface area contributed by atoms with Gasteiger partial charge in [0.1, 0.15) is 11.5 Å².